The molecule has 0 aliphatic carbocycles. The first-order valence-corrected chi connectivity index (χ1v) is 4.39. The summed E-state index contributed by atoms with van der Waals surface area (Å²) in [7, 11) is 1.17. The average Bonchev–Trinajstić information content (AvgIpc) is 2.28. The summed E-state index contributed by atoms with van der Waals surface area (Å²) in [5.41, 5.74) is 0.242. The van der Waals surface area contributed by atoms with Crippen molar-refractivity contribution in [3.63, 3.8) is 0 Å². The van der Waals surface area contributed by atoms with Crippen LogP contribution in [0, 0.1) is 10.1 Å². The normalized spacial score (nSPS) is 9.56. The first kappa shape index (κ1) is 11.8. The van der Waals surface area contributed by atoms with Gasteiger partial charge in [0.05, 0.1) is 17.6 Å². The van der Waals surface area contributed by atoms with E-state index in [0.29, 0.717) is 11.8 Å². The Kier molecular flexibility index (Phi) is 3.71. The van der Waals surface area contributed by atoms with Gasteiger partial charge in [0.1, 0.15) is 6.29 Å². The molecule has 0 radical (unpaired) electrons. The Bertz CT molecular complexity index is 441. The summed E-state index contributed by atoms with van der Waals surface area (Å²) >= 11 is 0. The van der Waals surface area contributed by atoms with E-state index in [1.807, 2.05) is 0 Å². The summed E-state index contributed by atoms with van der Waals surface area (Å²) < 4.78 is 4.48. The molecule has 0 aliphatic heterocycles. The molecule has 0 amide bonds. The number of methoxy groups -OCH3 is 1. The highest BCUT2D eigenvalue weighted by atomic mass is 16.6. The van der Waals surface area contributed by atoms with E-state index in [4.69, 9.17) is 0 Å². The second kappa shape index (κ2) is 5.01. The predicted molar refractivity (Wildman–Crippen MR) is 54.2 cm³/mol. The maximum atomic E-state index is 11.3. The molecule has 1 rings (SSSR count). The van der Waals surface area contributed by atoms with Crippen LogP contribution in [0.4, 0.5) is 5.69 Å². The lowest BCUT2D eigenvalue weighted by atomic mass is 10.0. The van der Waals surface area contributed by atoms with E-state index in [2.05, 4.69) is 4.74 Å². The van der Waals surface area contributed by atoms with Gasteiger partial charge in [-0.15, -0.1) is 0 Å². The largest absolute Gasteiger partial charge is 0.465 e. The first-order valence-electron chi connectivity index (χ1n) is 4.39. The quantitative estimate of drug-likeness (QED) is 0.330. The highest BCUT2D eigenvalue weighted by Crippen LogP contribution is 2.18. The zero-order chi connectivity index (χ0) is 12.1. The lowest BCUT2D eigenvalue weighted by Crippen LogP contribution is -2.07. The predicted octanol–water partition coefficient (Wildman–Crippen LogP) is 1.12. The van der Waals surface area contributed by atoms with Crippen LogP contribution in [0.1, 0.15) is 15.9 Å². The third-order valence-electron chi connectivity index (χ3n) is 2.01. The summed E-state index contributed by atoms with van der Waals surface area (Å²) in [6.45, 7) is 0. The monoisotopic (exact) mass is 223 g/mol. The highest BCUT2D eigenvalue weighted by Gasteiger charge is 2.16. The number of benzene rings is 1. The van der Waals surface area contributed by atoms with Crippen molar-refractivity contribution >= 4 is 17.9 Å². The van der Waals surface area contributed by atoms with Crippen LogP contribution in [0.2, 0.25) is 0 Å². The van der Waals surface area contributed by atoms with Crippen LogP contribution in [0.3, 0.4) is 0 Å². The molecule has 84 valence electrons. The molecule has 0 atom stereocenters. The molecule has 0 saturated carbocycles. The Morgan fingerprint density at radius 2 is 2.25 bits per heavy atom. The fraction of sp³-hybridized carbons (Fsp3) is 0.200. The molecular weight excluding hydrogens is 214 g/mol. The standard InChI is InChI=1S/C10H9NO5/c1-16-10(13)9-6-8(11(14)15)3-2-7(9)4-5-12/h2-3,5-6H,4H2,1H3. The van der Waals surface area contributed by atoms with Crippen LogP contribution in [-0.2, 0) is 16.0 Å². The minimum atomic E-state index is -0.694. The van der Waals surface area contributed by atoms with Crippen LogP contribution in [0.5, 0.6) is 0 Å². The molecular formula is C10H9NO5. The van der Waals surface area contributed by atoms with E-state index >= 15 is 0 Å². The topological polar surface area (TPSA) is 86.5 Å². The smallest absolute Gasteiger partial charge is 0.338 e. The number of hydrogen-bond donors (Lipinski definition) is 0. The number of non-ortho nitro benzene ring substituents is 1. The Morgan fingerprint density at radius 3 is 2.75 bits per heavy atom. The van der Waals surface area contributed by atoms with Gasteiger partial charge in [-0.05, 0) is 5.56 Å². The second-order valence-corrected chi connectivity index (χ2v) is 2.96. The average molecular weight is 223 g/mol. The van der Waals surface area contributed by atoms with Gasteiger partial charge in [-0.25, -0.2) is 4.79 Å². The van der Waals surface area contributed by atoms with Crippen molar-refractivity contribution < 1.29 is 19.2 Å². The van der Waals surface area contributed by atoms with Gasteiger partial charge < -0.3 is 9.53 Å². The molecule has 0 N–H and O–H groups in total. The molecule has 0 bridgehead atoms. The summed E-state index contributed by atoms with van der Waals surface area (Å²) in [4.78, 5) is 31.6. The van der Waals surface area contributed by atoms with Crippen LogP contribution < -0.4 is 0 Å². The van der Waals surface area contributed by atoms with Gasteiger partial charge >= 0.3 is 5.97 Å². The minimum Gasteiger partial charge on any atom is -0.465 e. The number of esters is 1. The van der Waals surface area contributed by atoms with Crippen molar-refractivity contribution in [1.29, 1.82) is 0 Å². The van der Waals surface area contributed by atoms with Crippen LogP contribution in [0.25, 0.3) is 0 Å². The number of ether oxygens (including phenoxy) is 1. The Balaban J connectivity index is 3.25. The van der Waals surface area contributed by atoms with E-state index < -0.39 is 10.9 Å². The number of nitro benzene ring substituents is 1. The van der Waals surface area contributed by atoms with Gasteiger partial charge in [-0.2, -0.15) is 0 Å². The van der Waals surface area contributed by atoms with Crippen LogP contribution in [-0.4, -0.2) is 24.3 Å². The van der Waals surface area contributed by atoms with Crippen molar-refractivity contribution in [2.24, 2.45) is 0 Å². The fourth-order valence-corrected chi connectivity index (χ4v) is 1.25. The molecule has 6 heteroatoms. The molecule has 0 unspecified atom stereocenters. The third kappa shape index (κ3) is 2.41. The molecule has 0 spiro atoms. The summed E-state index contributed by atoms with van der Waals surface area (Å²) in [6, 6.07) is 3.72. The SMILES string of the molecule is COC(=O)c1cc([N+](=O)[O-])ccc1CC=O. The Labute approximate surface area is 91.0 Å². The lowest BCUT2D eigenvalue weighted by molar-refractivity contribution is -0.384. The first-order chi connectivity index (χ1) is 7.60. The maximum Gasteiger partial charge on any atom is 0.338 e. The fourth-order valence-electron chi connectivity index (χ4n) is 1.25. The Morgan fingerprint density at radius 1 is 1.56 bits per heavy atom. The van der Waals surface area contributed by atoms with Crippen molar-refractivity contribution in [2.75, 3.05) is 7.11 Å². The van der Waals surface area contributed by atoms with Gasteiger partial charge in [-0.3, -0.25) is 10.1 Å². The number of carbonyl (C=O) groups excluding carboxylic acids is 2. The molecule has 0 saturated heterocycles. The maximum absolute atomic E-state index is 11.3. The molecule has 16 heavy (non-hydrogen) atoms. The van der Waals surface area contributed by atoms with Gasteiger partial charge in [0.2, 0.25) is 0 Å². The Hall–Kier alpha value is -2.24. The molecule has 1 aromatic carbocycles. The number of nitro groups is 1. The molecule has 1 aromatic rings. The van der Waals surface area contributed by atoms with E-state index in [0.717, 1.165) is 6.07 Å². The number of nitrogens with zero attached hydrogens (tertiary/aromatic N) is 1. The minimum absolute atomic E-state index is 0.0163. The third-order valence-corrected chi connectivity index (χ3v) is 2.01. The van der Waals surface area contributed by atoms with Crippen LogP contribution >= 0.6 is 0 Å². The molecule has 0 heterocycles. The van der Waals surface area contributed by atoms with Crippen molar-refractivity contribution in [1.82, 2.24) is 0 Å². The molecule has 0 aromatic heterocycles. The summed E-state index contributed by atoms with van der Waals surface area (Å²) in [5.74, 6) is -0.694. The van der Waals surface area contributed by atoms with Gasteiger partial charge in [-0.1, -0.05) is 6.07 Å². The van der Waals surface area contributed by atoms with Gasteiger partial charge in [0.25, 0.3) is 5.69 Å². The van der Waals surface area contributed by atoms with E-state index in [1.54, 1.807) is 0 Å². The summed E-state index contributed by atoms with van der Waals surface area (Å²) in [6.07, 6.45) is 0.635. The molecule has 0 fully saturated rings. The second-order valence-electron chi connectivity index (χ2n) is 2.96. The van der Waals surface area contributed by atoms with Crippen molar-refractivity contribution in [3.8, 4) is 0 Å². The van der Waals surface area contributed by atoms with Gasteiger partial charge in [0, 0.05) is 18.6 Å². The van der Waals surface area contributed by atoms with Crippen molar-refractivity contribution in [2.45, 2.75) is 6.42 Å². The highest BCUT2D eigenvalue weighted by molar-refractivity contribution is 5.92. The number of rotatable bonds is 4. The van der Waals surface area contributed by atoms with Crippen LogP contribution in [0.15, 0.2) is 18.2 Å². The zero-order valence-corrected chi connectivity index (χ0v) is 8.50. The number of aldehydes is 1. The van der Waals surface area contributed by atoms with E-state index in [-0.39, 0.29) is 17.7 Å². The number of carbonyl (C=O) groups is 2. The van der Waals surface area contributed by atoms with Crippen molar-refractivity contribution in [3.05, 3.63) is 39.4 Å². The van der Waals surface area contributed by atoms with E-state index in [9.17, 15) is 19.7 Å². The number of hydrogen-bond acceptors (Lipinski definition) is 5. The van der Waals surface area contributed by atoms with Gasteiger partial charge in [0.15, 0.2) is 0 Å². The molecule has 6 nitrogen and oxygen atoms in total. The lowest BCUT2D eigenvalue weighted by Gasteiger charge is -2.04. The summed E-state index contributed by atoms with van der Waals surface area (Å²) in [5, 5.41) is 10.5. The zero-order valence-electron chi connectivity index (χ0n) is 8.50. The molecule has 0 aliphatic rings. The van der Waals surface area contributed by atoms with E-state index in [1.165, 1.54) is 19.2 Å².